The number of hydrogen-bond acceptors (Lipinski definition) is 3. The second kappa shape index (κ2) is 5.98. The van der Waals surface area contributed by atoms with E-state index in [1.807, 2.05) is 10.9 Å². The maximum atomic E-state index is 12.7. The minimum Gasteiger partial charge on any atom is -0.481 e. The van der Waals surface area contributed by atoms with Crippen molar-refractivity contribution in [2.45, 2.75) is 46.1 Å². The van der Waals surface area contributed by atoms with Crippen LogP contribution in [0, 0.1) is 17.3 Å². The number of nitrogens with zero attached hydrogens (tertiary/aromatic N) is 3. The molecule has 1 amide bonds. The van der Waals surface area contributed by atoms with Gasteiger partial charge in [0, 0.05) is 25.8 Å². The predicted molar refractivity (Wildman–Crippen MR) is 85.0 cm³/mol. The number of carboxylic acid groups (broad SMARTS) is 1. The van der Waals surface area contributed by atoms with Gasteiger partial charge in [0.1, 0.15) is 0 Å². The third-order valence-electron chi connectivity index (χ3n) is 5.30. The highest BCUT2D eigenvalue weighted by atomic mass is 16.4. The van der Waals surface area contributed by atoms with Gasteiger partial charge in [0.2, 0.25) is 0 Å². The van der Waals surface area contributed by atoms with Crippen molar-refractivity contribution in [2.24, 2.45) is 17.3 Å². The fourth-order valence-corrected chi connectivity index (χ4v) is 3.25. The summed E-state index contributed by atoms with van der Waals surface area (Å²) in [7, 11) is 0. The summed E-state index contributed by atoms with van der Waals surface area (Å²) in [5.74, 6) is -0.125. The lowest BCUT2D eigenvalue weighted by Gasteiger charge is -2.39. The van der Waals surface area contributed by atoms with E-state index in [4.69, 9.17) is 0 Å². The fraction of sp³-hybridized carbons (Fsp3) is 0.706. The Labute approximate surface area is 136 Å². The van der Waals surface area contributed by atoms with E-state index >= 15 is 0 Å². The van der Waals surface area contributed by atoms with Crippen LogP contribution in [0.4, 0.5) is 0 Å². The monoisotopic (exact) mass is 319 g/mol. The first-order valence-electron chi connectivity index (χ1n) is 8.43. The number of likely N-dealkylation sites (tertiary alicyclic amines) is 1. The van der Waals surface area contributed by atoms with E-state index in [0.717, 1.165) is 19.4 Å². The van der Waals surface area contributed by atoms with Gasteiger partial charge < -0.3 is 10.0 Å². The van der Waals surface area contributed by atoms with E-state index in [1.54, 1.807) is 24.9 Å². The molecule has 23 heavy (non-hydrogen) atoms. The molecular weight excluding hydrogens is 294 g/mol. The largest absolute Gasteiger partial charge is 0.481 e. The second-order valence-electron chi connectivity index (χ2n) is 7.51. The third-order valence-corrected chi connectivity index (χ3v) is 5.30. The Morgan fingerprint density at radius 2 is 2.09 bits per heavy atom. The molecule has 1 aliphatic carbocycles. The van der Waals surface area contributed by atoms with Gasteiger partial charge in [-0.15, -0.1) is 0 Å². The highest BCUT2D eigenvalue weighted by molar-refractivity contribution is 5.93. The van der Waals surface area contributed by atoms with Gasteiger partial charge in [-0.3, -0.25) is 14.3 Å². The smallest absolute Gasteiger partial charge is 0.309 e. The van der Waals surface area contributed by atoms with Crippen LogP contribution in [-0.4, -0.2) is 44.8 Å². The molecule has 3 rings (SSSR count). The Kier molecular flexibility index (Phi) is 4.17. The number of rotatable bonds is 5. The molecule has 1 aromatic rings. The number of piperidine rings is 1. The van der Waals surface area contributed by atoms with E-state index in [1.165, 1.54) is 12.8 Å². The molecule has 2 heterocycles. The molecule has 1 aliphatic heterocycles. The van der Waals surface area contributed by atoms with Gasteiger partial charge in [-0.2, -0.15) is 5.10 Å². The summed E-state index contributed by atoms with van der Waals surface area (Å²) in [6, 6.07) is 0. The lowest BCUT2D eigenvalue weighted by atomic mass is 9.74. The molecule has 1 aromatic heterocycles. The highest BCUT2D eigenvalue weighted by Gasteiger charge is 2.40. The van der Waals surface area contributed by atoms with Gasteiger partial charge in [-0.05, 0) is 51.4 Å². The van der Waals surface area contributed by atoms with Crippen LogP contribution in [0.15, 0.2) is 12.4 Å². The Morgan fingerprint density at radius 1 is 1.35 bits per heavy atom. The zero-order valence-electron chi connectivity index (χ0n) is 13.9. The number of hydrogen-bond donors (Lipinski definition) is 1. The van der Waals surface area contributed by atoms with Gasteiger partial charge in [0.25, 0.3) is 5.91 Å². The summed E-state index contributed by atoms with van der Waals surface area (Å²) in [6.45, 7) is 5.59. The lowest BCUT2D eigenvalue weighted by molar-refractivity contribution is -0.151. The number of carbonyl (C=O) groups excluding carboxylic acids is 1. The summed E-state index contributed by atoms with van der Waals surface area (Å²) >= 11 is 0. The predicted octanol–water partition coefficient (Wildman–Crippen LogP) is 2.26. The number of amides is 1. The van der Waals surface area contributed by atoms with E-state index < -0.39 is 11.4 Å². The number of aromatic nitrogens is 2. The molecule has 2 fully saturated rings. The number of carbonyl (C=O) groups is 2. The van der Waals surface area contributed by atoms with Gasteiger partial charge in [0.15, 0.2) is 0 Å². The van der Waals surface area contributed by atoms with E-state index in [2.05, 4.69) is 5.10 Å². The minimum absolute atomic E-state index is 0.0146. The Bertz CT molecular complexity index is 604. The van der Waals surface area contributed by atoms with Crippen LogP contribution in [0.3, 0.4) is 0 Å². The SMILES string of the molecule is CC(C)(C(=O)O)C1CCCN(C(=O)c2cnn(CC3CC3)c2)C1. The summed E-state index contributed by atoms with van der Waals surface area (Å²) in [6.07, 6.45) is 7.67. The maximum absolute atomic E-state index is 12.7. The average molecular weight is 319 g/mol. The first-order chi connectivity index (χ1) is 10.9. The second-order valence-corrected chi connectivity index (χ2v) is 7.51. The maximum Gasteiger partial charge on any atom is 0.309 e. The number of carboxylic acids is 1. The molecule has 6 nitrogen and oxygen atoms in total. The van der Waals surface area contributed by atoms with Crippen molar-refractivity contribution < 1.29 is 14.7 Å². The van der Waals surface area contributed by atoms with Crippen LogP contribution in [0.2, 0.25) is 0 Å². The minimum atomic E-state index is -0.810. The van der Waals surface area contributed by atoms with Crippen molar-refractivity contribution in [1.82, 2.24) is 14.7 Å². The Balaban J connectivity index is 1.66. The van der Waals surface area contributed by atoms with E-state index in [-0.39, 0.29) is 11.8 Å². The fourth-order valence-electron chi connectivity index (χ4n) is 3.25. The molecule has 1 N–H and O–H groups in total. The Morgan fingerprint density at radius 3 is 2.74 bits per heavy atom. The van der Waals surface area contributed by atoms with E-state index in [9.17, 15) is 14.7 Å². The van der Waals surface area contributed by atoms with Gasteiger partial charge in [-0.1, -0.05) is 0 Å². The van der Waals surface area contributed by atoms with Crippen molar-refractivity contribution in [3.05, 3.63) is 18.0 Å². The molecule has 1 atom stereocenters. The summed E-state index contributed by atoms with van der Waals surface area (Å²) in [4.78, 5) is 25.9. The zero-order chi connectivity index (χ0) is 16.6. The zero-order valence-corrected chi connectivity index (χ0v) is 13.9. The van der Waals surface area contributed by atoms with Crippen molar-refractivity contribution in [1.29, 1.82) is 0 Å². The molecule has 0 aromatic carbocycles. The van der Waals surface area contributed by atoms with Crippen molar-refractivity contribution >= 4 is 11.9 Å². The molecule has 0 radical (unpaired) electrons. The van der Waals surface area contributed by atoms with Crippen LogP contribution in [0.5, 0.6) is 0 Å². The molecule has 6 heteroatoms. The van der Waals surface area contributed by atoms with Gasteiger partial charge >= 0.3 is 5.97 Å². The highest BCUT2D eigenvalue weighted by Crippen LogP contribution is 2.34. The molecule has 1 saturated heterocycles. The normalized spacial score (nSPS) is 22.2. The summed E-state index contributed by atoms with van der Waals surface area (Å²) in [5.41, 5.74) is -0.200. The van der Waals surface area contributed by atoms with Gasteiger partial charge in [-0.25, -0.2) is 0 Å². The third kappa shape index (κ3) is 3.41. The lowest BCUT2D eigenvalue weighted by Crippen LogP contribution is -2.46. The van der Waals surface area contributed by atoms with Crippen LogP contribution in [0.1, 0.15) is 49.9 Å². The molecule has 1 unspecified atom stereocenters. The first-order valence-corrected chi connectivity index (χ1v) is 8.43. The topological polar surface area (TPSA) is 75.4 Å². The van der Waals surface area contributed by atoms with Crippen molar-refractivity contribution in [3.8, 4) is 0 Å². The van der Waals surface area contributed by atoms with Crippen molar-refractivity contribution in [3.63, 3.8) is 0 Å². The van der Waals surface area contributed by atoms with Crippen LogP contribution in [-0.2, 0) is 11.3 Å². The molecular formula is C17H25N3O3. The van der Waals surface area contributed by atoms with E-state index in [0.29, 0.717) is 24.6 Å². The first kappa shape index (κ1) is 16.0. The van der Waals surface area contributed by atoms with Gasteiger partial charge in [0.05, 0.1) is 17.2 Å². The number of aliphatic carboxylic acids is 1. The van der Waals surface area contributed by atoms with Crippen LogP contribution >= 0.6 is 0 Å². The Hall–Kier alpha value is -1.85. The molecule has 0 spiro atoms. The standard InChI is InChI=1S/C17H25N3O3/c1-17(2,16(22)23)14-4-3-7-19(11-14)15(21)13-8-18-20(10-13)9-12-5-6-12/h8,10,12,14H,3-7,9,11H2,1-2H3,(H,22,23). The summed E-state index contributed by atoms with van der Waals surface area (Å²) in [5, 5.41) is 13.7. The average Bonchev–Trinajstić information content (AvgIpc) is 3.22. The molecule has 1 saturated carbocycles. The van der Waals surface area contributed by atoms with Crippen LogP contribution < -0.4 is 0 Å². The molecule has 0 bridgehead atoms. The molecule has 2 aliphatic rings. The molecule has 126 valence electrons. The quantitative estimate of drug-likeness (QED) is 0.903. The van der Waals surface area contributed by atoms with Crippen LogP contribution in [0.25, 0.3) is 0 Å². The van der Waals surface area contributed by atoms with Crippen molar-refractivity contribution in [2.75, 3.05) is 13.1 Å². The summed E-state index contributed by atoms with van der Waals surface area (Å²) < 4.78 is 1.85.